The van der Waals surface area contributed by atoms with Crippen molar-refractivity contribution in [3.63, 3.8) is 0 Å². The molecule has 1 aliphatic heterocycles. The predicted molar refractivity (Wildman–Crippen MR) is 95.0 cm³/mol. The Labute approximate surface area is 160 Å². The van der Waals surface area contributed by atoms with E-state index < -0.39 is 17.7 Å². The topological polar surface area (TPSA) is 75.5 Å². The number of hydrogen-bond acceptors (Lipinski definition) is 6. The molecule has 2 atom stereocenters. The summed E-state index contributed by atoms with van der Waals surface area (Å²) in [5.41, 5.74) is 0.296. The van der Waals surface area contributed by atoms with Crippen molar-refractivity contribution >= 4 is 11.9 Å². The number of anilines is 1. The van der Waals surface area contributed by atoms with Crippen LogP contribution in [-0.2, 0) is 10.9 Å². The van der Waals surface area contributed by atoms with Gasteiger partial charge in [-0.15, -0.1) is 0 Å². The van der Waals surface area contributed by atoms with Crippen LogP contribution in [0, 0.1) is 0 Å². The number of carbonyl (C=O) groups is 1. The summed E-state index contributed by atoms with van der Waals surface area (Å²) >= 11 is 0. The third-order valence-electron chi connectivity index (χ3n) is 4.74. The van der Waals surface area contributed by atoms with Crippen LogP contribution >= 0.6 is 0 Å². The number of esters is 1. The van der Waals surface area contributed by atoms with E-state index in [1.165, 1.54) is 24.5 Å². The molecule has 0 bridgehead atoms. The molecule has 1 unspecified atom stereocenters. The minimum absolute atomic E-state index is 0.0623. The molecule has 1 aliphatic rings. The second-order valence-electron chi connectivity index (χ2n) is 6.53. The third kappa shape index (κ3) is 4.24. The number of nitrogens with zero attached hydrogens (tertiary/aromatic N) is 3. The minimum atomic E-state index is -4.37. The van der Waals surface area contributed by atoms with Gasteiger partial charge in [-0.3, -0.25) is 0 Å². The molecule has 1 aromatic carbocycles. The first-order valence-corrected chi connectivity index (χ1v) is 8.87. The van der Waals surface area contributed by atoms with Gasteiger partial charge in [-0.05, 0) is 31.0 Å². The normalized spacial score (nSPS) is 19.7. The number of hydrogen-bond donors (Lipinski definition) is 1. The van der Waals surface area contributed by atoms with Gasteiger partial charge >= 0.3 is 12.1 Å². The average molecular weight is 395 g/mol. The lowest BCUT2D eigenvalue weighted by Gasteiger charge is -2.22. The smallest absolute Gasteiger partial charge is 0.416 e. The van der Waals surface area contributed by atoms with E-state index in [0.29, 0.717) is 18.9 Å². The number of benzene rings is 1. The number of aliphatic hydroxyl groups excluding tert-OH is 1. The Morgan fingerprint density at radius 1 is 1.25 bits per heavy atom. The Morgan fingerprint density at radius 2 is 1.89 bits per heavy atom. The standard InChI is InChI=1S/C19H20F3N3O3/c1-2-28-17(27)14-8-23-18(24-9-14)25-10-13(7-16(25)11-26)12-3-5-15(6-4-12)19(20,21)22/h3-6,8-9,13,16,26H,2,7,10-11H2,1H3/t13?,16-/m0/s1. The molecule has 3 rings (SSSR count). The summed E-state index contributed by atoms with van der Waals surface area (Å²) in [5.74, 6) is -0.230. The molecule has 9 heteroatoms. The van der Waals surface area contributed by atoms with Crippen molar-refractivity contribution in [2.45, 2.75) is 31.5 Å². The number of alkyl halides is 3. The van der Waals surface area contributed by atoms with E-state index in [0.717, 1.165) is 17.7 Å². The van der Waals surface area contributed by atoms with Crippen molar-refractivity contribution in [3.8, 4) is 0 Å². The van der Waals surface area contributed by atoms with E-state index in [9.17, 15) is 23.1 Å². The first-order valence-electron chi connectivity index (χ1n) is 8.87. The Balaban J connectivity index is 1.75. The largest absolute Gasteiger partial charge is 0.462 e. The first kappa shape index (κ1) is 20.1. The second-order valence-corrected chi connectivity index (χ2v) is 6.53. The molecule has 2 heterocycles. The van der Waals surface area contributed by atoms with E-state index in [4.69, 9.17) is 4.74 Å². The van der Waals surface area contributed by atoms with E-state index in [-0.39, 0.29) is 30.7 Å². The van der Waals surface area contributed by atoms with Gasteiger partial charge in [0.05, 0.1) is 30.4 Å². The van der Waals surface area contributed by atoms with Crippen molar-refractivity contribution in [2.75, 3.05) is 24.7 Å². The van der Waals surface area contributed by atoms with E-state index in [1.54, 1.807) is 11.8 Å². The number of rotatable bonds is 5. The highest BCUT2D eigenvalue weighted by atomic mass is 19.4. The molecule has 2 aromatic rings. The molecule has 6 nitrogen and oxygen atoms in total. The summed E-state index contributed by atoms with van der Waals surface area (Å²) in [6, 6.07) is 4.81. The number of carbonyl (C=O) groups excluding carboxylic acids is 1. The minimum Gasteiger partial charge on any atom is -0.462 e. The van der Waals surface area contributed by atoms with Gasteiger partial charge < -0.3 is 14.7 Å². The van der Waals surface area contributed by atoms with Gasteiger partial charge in [0, 0.05) is 24.9 Å². The Bertz CT molecular complexity index is 810. The zero-order chi connectivity index (χ0) is 20.3. The number of aliphatic hydroxyl groups is 1. The van der Waals surface area contributed by atoms with Crippen molar-refractivity contribution in [1.82, 2.24) is 9.97 Å². The van der Waals surface area contributed by atoms with Gasteiger partial charge in [0.15, 0.2) is 0 Å². The second kappa shape index (κ2) is 8.14. The van der Waals surface area contributed by atoms with Crippen LogP contribution in [0.5, 0.6) is 0 Å². The van der Waals surface area contributed by atoms with Gasteiger partial charge in [-0.25, -0.2) is 14.8 Å². The molecule has 28 heavy (non-hydrogen) atoms. The maximum atomic E-state index is 12.7. The van der Waals surface area contributed by atoms with Crippen LogP contribution < -0.4 is 4.90 Å². The maximum absolute atomic E-state index is 12.7. The van der Waals surface area contributed by atoms with E-state index >= 15 is 0 Å². The highest BCUT2D eigenvalue weighted by molar-refractivity contribution is 5.88. The van der Waals surface area contributed by atoms with E-state index in [2.05, 4.69) is 9.97 Å². The number of ether oxygens (including phenoxy) is 1. The van der Waals surface area contributed by atoms with Crippen LogP contribution in [0.15, 0.2) is 36.7 Å². The van der Waals surface area contributed by atoms with Gasteiger partial charge in [-0.2, -0.15) is 13.2 Å². The molecular formula is C19H20F3N3O3. The lowest BCUT2D eigenvalue weighted by Crippen LogP contribution is -2.33. The van der Waals surface area contributed by atoms with Crippen LogP contribution in [-0.4, -0.2) is 46.8 Å². The number of halogens is 3. The molecule has 0 radical (unpaired) electrons. The Kier molecular flexibility index (Phi) is 5.83. The van der Waals surface area contributed by atoms with Gasteiger partial charge in [0.25, 0.3) is 0 Å². The summed E-state index contributed by atoms with van der Waals surface area (Å²) in [5, 5.41) is 9.71. The Hall–Kier alpha value is -2.68. The highest BCUT2D eigenvalue weighted by Gasteiger charge is 2.35. The molecule has 1 fully saturated rings. The Morgan fingerprint density at radius 3 is 2.43 bits per heavy atom. The summed E-state index contributed by atoms with van der Waals surface area (Å²) in [6.07, 6.45) is -1.09. The maximum Gasteiger partial charge on any atom is 0.416 e. The SMILES string of the molecule is CCOC(=O)c1cnc(N2CC(c3ccc(C(F)(F)F)cc3)C[C@H]2CO)nc1. The van der Waals surface area contributed by atoms with Gasteiger partial charge in [0.1, 0.15) is 0 Å². The summed E-state index contributed by atoms with van der Waals surface area (Å²) in [4.78, 5) is 21.9. The van der Waals surface area contributed by atoms with Gasteiger partial charge in [0.2, 0.25) is 5.95 Å². The molecule has 0 aliphatic carbocycles. The quantitative estimate of drug-likeness (QED) is 0.785. The lowest BCUT2D eigenvalue weighted by atomic mass is 9.95. The zero-order valence-electron chi connectivity index (χ0n) is 15.2. The summed E-state index contributed by atoms with van der Waals surface area (Å²) < 4.78 is 43.1. The highest BCUT2D eigenvalue weighted by Crippen LogP contribution is 2.35. The monoisotopic (exact) mass is 395 g/mol. The molecule has 1 N–H and O–H groups in total. The molecule has 1 saturated heterocycles. The predicted octanol–water partition coefficient (Wildman–Crippen LogP) is 3.03. The lowest BCUT2D eigenvalue weighted by molar-refractivity contribution is -0.137. The molecule has 0 amide bonds. The van der Waals surface area contributed by atoms with Crippen LogP contribution in [0.1, 0.15) is 40.7 Å². The van der Waals surface area contributed by atoms with Crippen molar-refractivity contribution in [3.05, 3.63) is 53.3 Å². The molecule has 150 valence electrons. The fourth-order valence-electron chi connectivity index (χ4n) is 3.31. The zero-order valence-corrected chi connectivity index (χ0v) is 15.2. The fraction of sp³-hybridized carbons (Fsp3) is 0.421. The van der Waals surface area contributed by atoms with Gasteiger partial charge in [-0.1, -0.05) is 12.1 Å². The van der Waals surface area contributed by atoms with E-state index in [1.807, 2.05) is 0 Å². The third-order valence-corrected chi connectivity index (χ3v) is 4.74. The van der Waals surface area contributed by atoms with Crippen LogP contribution in [0.25, 0.3) is 0 Å². The number of aromatic nitrogens is 2. The molecular weight excluding hydrogens is 375 g/mol. The first-order chi connectivity index (χ1) is 13.3. The fourth-order valence-corrected chi connectivity index (χ4v) is 3.31. The average Bonchev–Trinajstić information content (AvgIpc) is 3.12. The molecule has 1 aromatic heterocycles. The summed E-state index contributed by atoms with van der Waals surface area (Å²) in [6.45, 7) is 2.26. The van der Waals surface area contributed by atoms with Crippen molar-refractivity contribution in [2.24, 2.45) is 0 Å². The summed E-state index contributed by atoms with van der Waals surface area (Å²) in [7, 11) is 0. The van der Waals surface area contributed by atoms with Crippen LogP contribution in [0.4, 0.5) is 19.1 Å². The molecule has 0 saturated carbocycles. The van der Waals surface area contributed by atoms with Crippen LogP contribution in [0.2, 0.25) is 0 Å². The molecule has 0 spiro atoms. The van der Waals surface area contributed by atoms with Crippen molar-refractivity contribution < 1.29 is 27.8 Å². The van der Waals surface area contributed by atoms with Crippen LogP contribution in [0.3, 0.4) is 0 Å². The van der Waals surface area contributed by atoms with Crippen molar-refractivity contribution in [1.29, 1.82) is 0 Å².